The molecule has 1 aliphatic heterocycles. The van der Waals surface area contributed by atoms with Gasteiger partial charge in [-0.05, 0) is 58.9 Å². The number of nitrogens with one attached hydrogen (secondary N) is 2. The Morgan fingerprint density at radius 2 is 1.85 bits per heavy atom. The molecule has 16 heteroatoms. The Kier molecular flexibility index (Phi) is 9.42. The molecule has 5 rings (SSSR count). The van der Waals surface area contributed by atoms with Gasteiger partial charge in [-0.2, -0.15) is 4.98 Å². The fourth-order valence-corrected chi connectivity index (χ4v) is 6.73. The van der Waals surface area contributed by atoms with Crippen molar-refractivity contribution in [3.8, 4) is 11.3 Å². The van der Waals surface area contributed by atoms with Gasteiger partial charge in [-0.25, -0.2) is 32.0 Å². The largest absolute Gasteiger partial charge is 0.444 e. The topological polar surface area (TPSA) is 148 Å². The number of hydrogen-bond acceptors (Lipinski definition) is 9. The fraction of sp³-hybridized carbons (Fsp3) is 0.387. The molecule has 0 saturated carbocycles. The molecule has 1 aliphatic rings. The van der Waals surface area contributed by atoms with E-state index in [1.165, 1.54) is 46.0 Å². The Balaban J connectivity index is 1.43. The van der Waals surface area contributed by atoms with Gasteiger partial charge in [0.2, 0.25) is 5.95 Å². The van der Waals surface area contributed by atoms with Crippen LogP contribution in [0.2, 0.25) is 5.02 Å². The third-order valence-electron chi connectivity index (χ3n) is 7.15. The van der Waals surface area contributed by atoms with Crippen LogP contribution in [0.4, 0.5) is 25.2 Å². The number of halogens is 3. The number of likely N-dealkylation sites (tertiary alicyclic amines) is 1. The molecule has 4 aromatic rings. The Morgan fingerprint density at radius 1 is 1.13 bits per heavy atom. The molecule has 2 aromatic heterocycles. The normalized spacial score (nSPS) is 17.2. The van der Waals surface area contributed by atoms with Crippen LogP contribution in [0, 0.1) is 5.82 Å². The summed E-state index contributed by atoms with van der Waals surface area (Å²) in [6.07, 6.45) is -0.439. The minimum atomic E-state index is -4.20. The van der Waals surface area contributed by atoms with Crippen molar-refractivity contribution in [3.05, 3.63) is 69.9 Å². The maximum absolute atomic E-state index is 15.3. The first-order valence-corrected chi connectivity index (χ1v) is 16.6. The summed E-state index contributed by atoms with van der Waals surface area (Å²) in [6, 6.07) is 8.38. The SMILES string of the molecule is CC(C)n1c(=O)c(-c2ccc(NS(=O)(=O)c3ccccc3Cl)c(F)c2)nc2cnc(N[C@H]3C[C@H](F)CN(C(=O)OC(C)(C)C)C3)nc21. The summed E-state index contributed by atoms with van der Waals surface area (Å²) in [6.45, 7) is 8.77. The predicted molar refractivity (Wildman–Crippen MR) is 174 cm³/mol. The van der Waals surface area contributed by atoms with Crippen molar-refractivity contribution in [3.63, 3.8) is 0 Å². The number of sulfonamides is 1. The quantitative estimate of drug-likeness (QED) is 0.246. The van der Waals surface area contributed by atoms with Crippen LogP contribution in [0.15, 0.2) is 58.4 Å². The highest BCUT2D eigenvalue weighted by atomic mass is 35.5. The lowest BCUT2D eigenvalue weighted by atomic mass is 10.0. The lowest BCUT2D eigenvalue weighted by Crippen LogP contribution is -2.51. The van der Waals surface area contributed by atoms with Gasteiger partial charge in [0.15, 0.2) is 5.65 Å². The highest BCUT2D eigenvalue weighted by Crippen LogP contribution is 2.28. The van der Waals surface area contributed by atoms with Crippen LogP contribution < -0.4 is 15.6 Å². The number of fused-ring (bicyclic) bond motifs is 1. The first kappa shape index (κ1) is 34.0. The van der Waals surface area contributed by atoms with Gasteiger partial charge in [-0.3, -0.25) is 14.1 Å². The first-order chi connectivity index (χ1) is 22.0. The number of alkyl halides is 1. The number of hydrogen-bond donors (Lipinski definition) is 2. The van der Waals surface area contributed by atoms with Crippen LogP contribution in [-0.4, -0.2) is 69.8 Å². The van der Waals surface area contributed by atoms with Gasteiger partial charge in [0.25, 0.3) is 15.6 Å². The van der Waals surface area contributed by atoms with Crippen LogP contribution in [0.1, 0.15) is 47.1 Å². The maximum Gasteiger partial charge on any atom is 0.410 e. The second kappa shape index (κ2) is 13.0. The first-order valence-electron chi connectivity index (χ1n) is 14.8. The summed E-state index contributed by atoms with van der Waals surface area (Å²) in [5.74, 6) is -0.837. The van der Waals surface area contributed by atoms with E-state index in [4.69, 9.17) is 16.3 Å². The van der Waals surface area contributed by atoms with Crippen molar-refractivity contribution < 1.29 is 26.7 Å². The number of amides is 1. The summed E-state index contributed by atoms with van der Waals surface area (Å²) >= 11 is 6.02. The predicted octanol–water partition coefficient (Wildman–Crippen LogP) is 5.79. The minimum absolute atomic E-state index is 0.0275. The lowest BCUT2D eigenvalue weighted by molar-refractivity contribution is 0.0124. The highest BCUT2D eigenvalue weighted by Gasteiger charge is 2.33. The third kappa shape index (κ3) is 7.62. The Labute approximate surface area is 275 Å². The number of anilines is 2. The lowest BCUT2D eigenvalue weighted by Gasteiger charge is -2.36. The van der Waals surface area contributed by atoms with Gasteiger partial charge in [0.1, 0.15) is 33.7 Å². The number of ether oxygens (including phenoxy) is 1. The molecule has 1 saturated heterocycles. The van der Waals surface area contributed by atoms with Crippen molar-refractivity contribution in [1.82, 2.24) is 24.4 Å². The molecule has 0 unspecified atom stereocenters. The Morgan fingerprint density at radius 3 is 2.51 bits per heavy atom. The van der Waals surface area contributed by atoms with Crippen LogP contribution in [0.25, 0.3) is 22.4 Å². The summed E-state index contributed by atoms with van der Waals surface area (Å²) in [5.41, 5.74) is -1.24. The molecule has 0 aliphatic carbocycles. The van der Waals surface area contributed by atoms with Crippen LogP contribution in [0.5, 0.6) is 0 Å². The molecule has 0 radical (unpaired) electrons. The molecule has 2 aromatic carbocycles. The fourth-order valence-electron chi connectivity index (χ4n) is 5.15. The molecule has 1 fully saturated rings. The van der Waals surface area contributed by atoms with Gasteiger partial charge in [0, 0.05) is 30.6 Å². The number of nitrogens with zero attached hydrogens (tertiary/aromatic N) is 5. The van der Waals surface area contributed by atoms with Gasteiger partial charge < -0.3 is 15.0 Å². The molecule has 47 heavy (non-hydrogen) atoms. The van der Waals surface area contributed by atoms with Gasteiger partial charge in [-0.1, -0.05) is 29.8 Å². The highest BCUT2D eigenvalue weighted by molar-refractivity contribution is 7.92. The average molecular weight is 690 g/mol. The zero-order chi connectivity index (χ0) is 34.3. The van der Waals surface area contributed by atoms with E-state index in [9.17, 15) is 22.4 Å². The Hall–Kier alpha value is -4.37. The summed E-state index contributed by atoms with van der Waals surface area (Å²) in [5, 5.41) is 3.03. The molecular formula is C31H34ClF2N7O5S. The van der Waals surface area contributed by atoms with Crippen LogP contribution >= 0.6 is 11.6 Å². The molecule has 0 bridgehead atoms. The van der Waals surface area contributed by atoms with E-state index in [-0.39, 0.29) is 63.5 Å². The number of aromatic nitrogens is 4. The number of rotatable bonds is 7. The molecular weight excluding hydrogens is 656 g/mol. The van der Waals surface area contributed by atoms with E-state index in [0.717, 1.165) is 6.07 Å². The molecule has 2 atom stereocenters. The summed E-state index contributed by atoms with van der Waals surface area (Å²) < 4.78 is 64.5. The number of benzene rings is 2. The second-order valence-corrected chi connectivity index (χ2v) is 14.5. The maximum atomic E-state index is 15.3. The van der Waals surface area contributed by atoms with Crippen molar-refractivity contribution in [1.29, 1.82) is 0 Å². The zero-order valence-corrected chi connectivity index (χ0v) is 27.9. The number of piperidine rings is 1. The number of carbonyl (C=O) groups excluding carboxylic acids is 1. The van der Waals surface area contributed by atoms with Crippen molar-refractivity contribution >= 4 is 50.5 Å². The van der Waals surface area contributed by atoms with E-state index in [2.05, 4.69) is 25.0 Å². The van der Waals surface area contributed by atoms with E-state index < -0.39 is 51.3 Å². The van der Waals surface area contributed by atoms with Gasteiger partial charge in [-0.15, -0.1) is 0 Å². The van der Waals surface area contributed by atoms with E-state index in [0.29, 0.717) is 0 Å². The minimum Gasteiger partial charge on any atom is -0.444 e. The number of carbonyl (C=O) groups is 1. The molecule has 3 heterocycles. The van der Waals surface area contributed by atoms with Crippen molar-refractivity contribution in [2.75, 3.05) is 23.1 Å². The zero-order valence-electron chi connectivity index (χ0n) is 26.3. The Bertz CT molecular complexity index is 2000. The molecule has 1 amide bonds. The van der Waals surface area contributed by atoms with Crippen molar-refractivity contribution in [2.45, 2.75) is 69.8 Å². The average Bonchev–Trinajstić information content (AvgIpc) is 2.96. The standard InChI is InChI=1S/C31H34ClF2N7O5S/c1-17(2)41-27-24(14-35-29(38-27)36-20-13-19(33)15-40(16-20)30(43)46-31(3,4)5)37-26(28(41)42)18-10-11-23(22(34)12-18)39-47(44,45)25-9-7-6-8-21(25)32/h6-12,14,17,19-20,39H,13,15-16H2,1-5H3,(H,35,36,38)/t19-,20-/m0/s1. The van der Waals surface area contributed by atoms with Gasteiger partial charge in [0.05, 0.1) is 23.5 Å². The molecule has 2 N–H and O–H groups in total. The van der Waals surface area contributed by atoms with E-state index in [1.54, 1.807) is 40.7 Å². The van der Waals surface area contributed by atoms with E-state index >= 15 is 4.39 Å². The van der Waals surface area contributed by atoms with Crippen molar-refractivity contribution in [2.24, 2.45) is 0 Å². The van der Waals surface area contributed by atoms with Gasteiger partial charge >= 0.3 is 6.09 Å². The third-order valence-corrected chi connectivity index (χ3v) is 9.01. The molecule has 12 nitrogen and oxygen atoms in total. The second-order valence-electron chi connectivity index (χ2n) is 12.4. The van der Waals surface area contributed by atoms with Crippen LogP contribution in [-0.2, 0) is 14.8 Å². The van der Waals surface area contributed by atoms with Crippen LogP contribution in [0.3, 0.4) is 0 Å². The van der Waals surface area contributed by atoms with E-state index in [1.807, 2.05) is 0 Å². The summed E-state index contributed by atoms with van der Waals surface area (Å²) in [4.78, 5) is 40.6. The monoisotopic (exact) mass is 689 g/mol. The smallest absolute Gasteiger partial charge is 0.410 e. The molecule has 250 valence electrons. The summed E-state index contributed by atoms with van der Waals surface area (Å²) in [7, 11) is -4.20. The molecule has 0 spiro atoms.